The Kier molecular flexibility index (Phi) is 5.69. The molecule has 0 aromatic carbocycles. The van der Waals surface area contributed by atoms with Crippen LogP contribution < -0.4 is 5.32 Å². The molecule has 0 bridgehead atoms. The maximum Gasteiger partial charge on any atom is 0.389 e. The monoisotopic (exact) mass is 255 g/mol. The third-order valence-corrected chi connectivity index (χ3v) is 2.95. The van der Waals surface area contributed by atoms with E-state index < -0.39 is 12.6 Å². The third kappa shape index (κ3) is 4.81. The van der Waals surface area contributed by atoms with Gasteiger partial charge >= 0.3 is 6.18 Å². The first-order valence-electron chi connectivity index (χ1n) is 5.92. The normalized spacial score (nSPS) is 29.1. The fourth-order valence-corrected chi connectivity index (χ4v) is 2.05. The quantitative estimate of drug-likeness (QED) is 0.707. The second-order valence-corrected chi connectivity index (χ2v) is 4.21. The molecule has 0 amide bonds. The molecule has 102 valence electrons. The molecule has 1 saturated carbocycles. The largest absolute Gasteiger partial charge is 0.389 e. The van der Waals surface area contributed by atoms with Gasteiger partial charge in [-0.3, -0.25) is 0 Å². The highest BCUT2D eigenvalue weighted by Gasteiger charge is 2.41. The second kappa shape index (κ2) is 6.56. The molecule has 1 aliphatic carbocycles. The number of hydrogen-bond donors (Lipinski definition) is 1. The maximum absolute atomic E-state index is 11.9. The van der Waals surface area contributed by atoms with Crippen LogP contribution in [0.3, 0.4) is 0 Å². The van der Waals surface area contributed by atoms with Gasteiger partial charge in [0.05, 0.1) is 12.2 Å². The van der Waals surface area contributed by atoms with Gasteiger partial charge < -0.3 is 14.8 Å². The van der Waals surface area contributed by atoms with Crippen molar-refractivity contribution in [2.24, 2.45) is 0 Å². The molecule has 0 radical (unpaired) electrons. The van der Waals surface area contributed by atoms with E-state index in [0.29, 0.717) is 13.2 Å². The van der Waals surface area contributed by atoms with Gasteiger partial charge in [-0.2, -0.15) is 13.2 Å². The summed E-state index contributed by atoms with van der Waals surface area (Å²) in [6.45, 7) is 2.91. The molecule has 3 atom stereocenters. The molecule has 3 unspecified atom stereocenters. The summed E-state index contributed by atoms with van der Waals surface area (Å²) in [5.74, 6) is 0. The average Bonchev–Trinajstić information content (AvgIpc) is 2.20. The molecule has 1 N–H and O–H groups in total. The predicted molar refractivity (Wildman–Crippen MR) is 57.9 cm³/mol. The lowest BCUT2D eigenvalue weighted by molar-refractivity contribution is -0.139. The number of alkyl halides is 3. The Balaban J connectivity index is 2.12. The van der Waals surface area contributed by atoms with Crippen LogP contribution in [0.5, 0.6) is 0 Å². The molecule has 3 nitrogen and oxygen atoms in total. The Labute approximate surface area is 99.7 Å². The van der Waals surface area contributed by atoms with E-state index in [0.717, 1.165) is 6.42 Å². The predicted octanol–water partition coefficient (Wildman–Crippen LogP) is 2.11. The van der Waals surface area contributed by atoms with Gasteiger partial charge in [-0.15, -0.1) is 0 Å². The summed E-state index contributed by atoms with van der Waals surface area (Å²) >= 11 is 0. The van der Waals surface area contributed by atoms with Crippen molar-refractivity contribution >= 4 is 0 Å². The van der Waals surface area contributed by atoms with Crippen LogP contribution in [0.25, 0.3) is 0 Å². The number of nitrogens with one attached hydrogen (secondary N) is 1. The van der Waals surface area contributed by atoms with E-state index in [1.54, 1.807) is 7.11 Å². The third-order valence-electron chi connectivity index (χ3n) is 2.95. The zero-order valence-corrected chi connectivity index (χ0v) is 10.2. The standard InChI is InChI=1S/C11H20F3NO2/c1-3-17-9-7-8(10(9)16-2)15-6-4-5-11(12,13)14/h8-10,15H,3-7H2,1-2H3. The lowest BCUT2D eigenvalue weighted by atomic mass is 9.85. The number of rotatable bonds is 7. The average molecular weight is 255 g/mol. The van der Waals surface area contributed by atoms with Gasteiger partial charge in [-0.25, -0.2) is 0 Å². The Hall–Kier alpha value is -0.330. The summed E-state index contributed by atoms with van der Waals surface area (Å²) in [5.41, 5.74) is 0. The molecule has 6 heteroatoms. The van der Waals surface area contributed by atoms with Crippen molar-refractivity contribution in [1.29, 1.82) is 0 Å². The maximum atomic E-state index is 11.9. The number of ether oxygens (including phenoxy) is 2. The minimum absolute atomic E-state index is 0.0409. The Morgan fingerprint density at radius 3 is 2.59 bits per heavy atom. The molecule has 0 heterocycles. The number of methoxy groups -OCH3 is 1. The van der Waals surface area contributed by atoms with Crippen LogP contribution >= 0.6 is 0 Å². The molecule has 0 spiro atoms. The van der Waals surface area contributed by atoms with Gasteiger partial charge in [0.25, 0.3) is 0 Å². The minimum Gasteiger partial charge on any atom is -0.377 e. The topological polar surface area (TPSA) is 30.5 Å². The van der Waals surface area contributed by atoms with E-state index in [4.69, 9.17) is 9.47 Å². The SMILES string of the molecule is CCOC1CC(NCCCC(F)(F)F)C1OC. The zero-order chi connectivity index (χ0) is 12.9. The van der Waals surface area contributed by atoms with Crippen molar-refractivity contribution in [3.05, 3.63) is 0 Å². The number of halogens is 3. The van der Waals surface area contributed by atoms with Crippen LogP contribution in [0, 0.1) is 0 Å². The van der Waals surface area contributed by atoms with Gasteiger partial charge in [0.1, 0.15) is 0 Å². The highest BCUT2D eigenvalue weighted by atomic mass is 19.4. The molecule has 0 aromatic rings. The van der Waals surface area contributed by atoms with Crippen molar-refractivity contribution in [3.8, 4) is 0 Å². The van der Waals surface area contributed by atoms with Crippen LogP contribution in [0.1, 0.15) is 26.2 Å². The van der Waals surface area contributed by atoms with Crippen molar-refractivity contribution in [2.75, 3.05) is 20.3 Å². The first-order valence-corrected chi connectivity index (χ1v) is 5.92. The molecule has 1 aliphatic rings. The molecule has 0 aliphatic heterocycles. The van der Waals surface area contributed by atoms with Crippen LogP contribution in [0.4, 0.5) is 13.2 Å². The van der Waals surface area contributed by atoms with Gasteiger partial charge in [0.2, 0.25) is 0 Å². The summed E-state index contributed by atoms with van der Waals surface area (Å²) in [4.78, 5) is 0. The van der Waals surface area contributed by atoms with Crippen LogP contribution in [-0.2, 0) is 9.47 Å². The Morgan fingerprint density at radius 2 is 2.06 bits per heavy atom. The zero-order valence-electron chi connectivity index (χ0n) is 10.2. The molecular weight excluding hydrogens is 235 g/mol. The van der Waals surface area contributed by atoms with Crippen LogP contribution in [0.15, 0.2) is 0 Å². The summed E-state index contributed by atoms with van der Waals surface area (Å²) in [6.07, 6.45) is -3.85. The summed E-state index contributed by atoms with van der Waals surface area (Å²) in [5, 5.41) is 3.08. The van der Waals surface area contributed by atoms with Crippen molar-refractivity contribution in [1.82, 2.24) is 5.32 Å². The molecule has 1 rings (SSSR count). The van der Waals surface area contributed by atoms with Crippen molar-refractivity contribution in [2.45, 2.75) is 50.6 Å². The van der Waals surface area contributed by atoms with E-state index in [1.807, 2.05) is 6.92 Å². The van der Waals surface area contributed by atoms with Gasteiger partial charge in [0.15, 0.2) is 0 Å². The van der Waals surface area contributed by atoms with E-state index >= 15 is 0 Å². The Morgan fingerprint density at radius 1 is 1.35 bits per heavy atom. The molecule has 1 fully saturated rings. The molecule has 0 saturated heterocycles. The fraction of sp³-hybridized carbons (Fsp3) is 1.00. The van der Waals surface area contributed by atoms with Crippen LogP contribution in [0.2, 0.25) is 0 Å². The van der Waals surface area contributed by atoms with Crippen molar-refractivity contribution in [3.63, 3.8) is 0 Å². The van der Waals surface area contributed by atoms with Gasteiger partial charge in [-0.05, 0) is 26.3 Å². The highest BCUT2D eigenvalue weighted by Crippen LogP contribution is 2.27. The molecule has 17 heavy (non-hydrogen) atoms. The van der Waals surface area contributed by atoms with E-state index in [9.17, 15) is 13.2 Å². The lowest BCUT2D eigenvalue weighted by Crippen LogP contribution is -2.59. The Bertz CT molecular complexity index is 223. The van der Waals surface area contributed by atoms with E-state index in [1.165, 1.54) is 0 Å². The summed E-state index contributed by atoms with van der Waals surface area (Å²) in [6, 6.07) is 0.116. The van der Waals surface area contributed by atoms with Gasteiger partial charge in [0, 0.05) is 26.2 Å². The second-order valence-electron chi connectivity index (χ2n) is 4.21. The van der Waals surface area contributed by atoms with Crippen molar-refractivity contribution < 1.29 is 22.6 Å². The summed E-state index contributed by atoms with van der Waals surface area (Å²) < 4.78 is 46.4. The lowest BCUT2D eigenvalue weighted by Gasteiger charge is -2.43. The van der Waals surface area contributed by atoms with Crippen LogP contribution in [-0.4, -0.2) is 44.7 Å². The number of hydrogen-bond acceptors (Lipinski definition) is 3. The first kappa shape index (κ1) is 14.7. The van der Waals surface area contributed by atoms with E-state index in [2.05, 4.69) is 5.32 Å². The highest BCUT2D eigenvalue weighted by molar-refractivity contribution is 4.96. The smallest absolute Gasteiger partial charge is 0.377 e. The first-order chi connectivity index (χ1) is 7.98. The van der Waals surface area contributed by atoms with E-state index in [-0.39, 0.29) is 24.7 Å². The van der Waals surface area contributed by atoms with Gasteiger partial charge in [-0.1, -0.05) is 0 Å². The minimum atomic E-state index is -4.06. The fourth-order valence-electron chi connectivity index (χ4n) is 2.05. The molecular formula is C11H20F3NO2. The molecule has 0 aromatic heterocycles. The summed E-state index contributed by atoms with van der Waals surface area (Å²) in [7, 11) is 1.60.